The van der Waals surface area contributed by atoms with E-state index in [-0.39, 0.29) is 42.5 Å². The van der Waals surface area contributed by atoms with Crippen LogP contribution in [0.5, 0.6) is 0 Å². The molecule has 5 nitrogen and oxygen atoms in total. The summed E-state index contributed by atoms with van der Waals surface area (Å²) in [6.07, 6.45) is 2.82. The maximum absolute atomic E-state index is 12.5. The van der Waals surface area contributed by atoms with Crippen LogP contribution in [0.4, 0.5) is 5.69 Å². The van der Waals surface area contributed by atoms with Crippen molar-refractivity contribution in [3.05, 3.63) is 40.4 Å². The van der Waals surface area contributed by atoms with Crippen molar-refractivity contribution >= 4 is 35.0 Å². The van der Waals surface area contributed by atoms with Crippen LogP contribution in [0.15, 0.2) is 29.3 Å². The quantitative estimate of drug-likeness (QED) is 0.839. The Kier molecular flexibility index (Phi) is 4.95. The molecule has 0 spiro atoms. The van der Waals surface area contributed by atoms with Gasteiger partial charge in [0.1, 0.15) is 0 Å². The van der Waals surface area contributed by atoms with E-state index in [1.54, 1.807) is 0 Å². The number of anilines is 1. The SMILES string of the molecule is Cc1ccc(C)c(NC(=O)CCN2C(=O)[C@H]3CC=C(Cl)C[C@H]3C2=O)c1. The summed E-state index contributed by atoms with van der Waals surface area (Å²) in [6.45, 7) is 3.99. The first-order valence-corrected chi connectivity index (χ1v) is 8.81. The summed E-state index contributed by atoms with van der Waals surface area (Å²) >= 11 is 6.00. The van der Waals surface area contributed by atoms with Crippen LogP contribution in [0.2, 0.25) is 0 Å². The molecule has 0 unspecified atom stereocenters. The van der Waals surface area contributed by atoms with Crippen LogP contribution in [0, 0.1) is 25.7 Å². The summed E-state index contributed by atoms with van der Waals surface area (Å²) in [5.74, 6) is -1.29. The monoisotopic (exact) mass is 360 g/mol. The molecule has 132 valence electrons. The number of halogens is 1. The first kappa shape index (κ1) is 17.7. The molecule has 1 aromatic rings. The highest BCUT2D eigenvalue weighted by Crippen LogP contribution is 2.38. The Balaban J connectivity index is 1.60. The number of aryl methyl sites for hydroxylation is 2. The summed E-state index contributed by atoms with van der Waals surface area (Å²) < 4.78 is 0. The number of benzene rings is 1. The van der Waals surface area contributed by atoms with E-state index in [1.165, 1.54) is 4.90 Å². The molecule has 0 radical (unpaired) electrons. The number of carbonyl (C=O) groups is 3. The second kappa shape index (κ2) is 7.00. The smallest absolute Gasteiger partial charge is 0.233 e. The first-order valence-electron chi connectivity index (χ1n) is 8.43. The molecule has 1 saturated heterocycles. The van der Waals surface area contributed by atoms with Gasteiger partial charge >= 0.3 is 0 Å². The number of imide groups is 1. The molecule has 6 heteroatoms. The molecule has 1 N–H and O–H groups in total. The summed E-state index contributed by atoms with van der Waals surface area (Å²) in [4.78, 5) is 38.3. The Labute approximate surface area is 152 Å². The highest BCUT2D eigenvalue weighted by molar-refractivity contribution is 6.30. The van der Waals surface area contributed by atoms with Gasteiger partial charge in [-0.15, -0.1) is 0 Å². The molecule has 0 aromatic heterocycles. The zero-order valence-electron chi connectivity index (χ0n) is 14.3. The molecule has 1 aromatic carbocycles. The lowest BCUT2D eigenvalue weighted by atomic mass is 9.85. The molecule has 3 amide bonds. The van der Waals surface area contributed by atoms with E-state index in [0.717, 1.165) is 16.8 Å². The molecule has 0 bridgehead atoms. The van der Waals surface area contributed by atoms with Crippen LogP contribution in [-0.2, 0) is 14.4 Å². The average molecular weight is 361 g/mol. The van der Waals surface area contributed by atoms with Gasteiger partial charge in [0.05, 0.1) is 11.8 Å². The average Bonchev–Trinajstić information content (AvgIpc) is 2.80. The topological polar surface area (TPSA) is 66.5 Å². The fourth-order valence-electron chi connectivity index (χ4n) is 3.41. The minimum absolute atomic E-state index is 0.0888. The van der Waals surface area contributed by atoms with E-state index in [0.29, 0.717) is 17.9 Å². The maximum atomic E-state index is 12.5. The number of fused-ring (bicyclic) bond motifs is 1. The van der Waals surface area contributed by atoms with Gasteiger partial charge in [0.2, 0.25) is 17.7 Å². The van der Waals surface area contributed by atoms with Crippen LogP contribution < -0.4 is 5.32 Å². The minimum Gasteiger partial charge on any atom is -0.326 e. The Morgan fingerprint density at radius 1 is 1.24 bits per heavy atom. The second-order valence-corrected chi connectivity index (χ2v) is 7.23. The fraction of sp³-hybridized carbons (Fsp3) is 0.421. The number of amides is 3. The largest absolute Gasteiger partial charge is 0.326 e. The van der Waals surface area contributed by atoms with Crippen molar-refractivity contribution < 1.29 is 14.4 Å². The lowest BCUT2D eigenvalue weighted by Crippen LogP contribution is -2.34. The molecular formula is C19H21ClN2O3. The predicted octanol–water partition coefficient (Wildman–Crippen LogP) is 3.15. The van der Waals surface area contributed by atoms with Gasteiger partial charge in [0.25, 0.3) is 0 Å². The van der Waals surface area contributed by atoms with Gasteiger partial charge in [0.15, 0.2) is 0 Å². The minimum atomic E-state index is -0.368. The van der Waals surface area contributed by atoms with E-state index < -0.39 is 0 Å². The van der Waals surface area contributed by atoms with Gasteiger partial charge in [-0.2, -0.15) is 0 Å². The molecule has 2 aliphatic rings. The second-order valence-electron chi connectivity index (χ2n) is 6.75. The molecule has 25 heavy (non-hydrogen) atoms. The van der Waals surface area contributed by atoms with E-state index >= 15 is 0 Å². The van der Waals surface area contributed by atoms with E-state index in [9.17, 15) is 14.4 Å². The maximum Gasteiger partial charge on any atom is 0.233 e. The first-order chi connectivity index (χ1) is 11.9. The number of rotatable bonds is 4. The van der Waals surface area contributed by atoms with Gasteiger partial charge in [-0.25, -0.2) is 0 Å². The molecule has 1 heterocycles. The molecule has 2 atom stereocenters. The fourth-order valence-corrected chi connectivity index (χ4v) is 3.67. The van der Waals surface area contributed by atoms with Crippen molar-refractivity contribution in [1.82, 2.24) is 4.90 Å². The number of allylic oxidation sites excluding steroid dienone is 2. The van der Waals surface area contributed by atoms with Gasteiger partial charge in [-0.3, -0.25) is 19.3 Å². The summed E-state index contributed by atoms with van der Waals surface area (Å²) in [6, 6.07) is 5.83. The number of hydrogen-bond acceptors (Lipinski definition) is 3. The lowest BCUT2D eigenvalue weighted by molar-refractivity contribution is -0.140. The molecule has 1 aliphatic carbocycles. The number of hydrogen-bond donors (Lipinski definition) is 1. The third kappa shape index (κ3) is 3.61. The van der Waals surface area contributed by atoms with Crippen LogP contribution in [0.25, 0.3) is 0 Å². The molecule has 1 fully saturated rings. The Bertz CT molecular complexity index is 772. The molecule has 1 aliphatic heterocycles. The van der Waals surface area contributed by atoms with E-state index in [4.69, 9.17) is 11.6 Å². The van der Waals surface area contributed by atoms with Crippen molar-refractivity contribution in [2.24, 2.45) is 11.8 Å². The van der Waals surface area contributed by atoms with Crippen LogP contribution >= 0.6 is 11.6 Å². The van der Waals surface area contributed by atoms with Gasteiger partial charge in [0, 0.05) is 23.7 Å². The van der Waals surface area contributed by atoms with Gasteiger partial charge in [-0.05, 0) is 43.9 Å². The van der Waals surface area contributed by atoms with Gasteiger partial charge in [-0.1, -0.05) is 29.8 Å². The number of nitrogens with one attached hydrogen (secondary N) is 1. The zero-order valence-corrected chi connectivity index (χ0v) is 15.1. The van der Waals surface area contributed by atoms with Crippen LogP contribution in [0.3, 0.4) is 0 Å². The van der Waals surface area contributed by atoms with E-state index in [2.05, 4.69) is 5.32 Å². The number of likely N-dealkylation sites (tertiary alicyclic amines) is 1. The zero-order chi connectivity index (χ0) is 18.1. The van der Waals surface area contributed by atoms with Crippen molar-refractivity contribution in [1.29, 1.82) is 0 Å². The highest BCUT2D eigenvalue weighted by atomic mass is 35.5. The standard InChI is InChI=1S/C19H21ClN2O3/c1-11-3-4-12(2)16(9-11)21-17(23)7-8-22-18(24)14-6-5-13(20)10-15(14)19(22)25/h3-5,9,14-15H,6-8,10H2,1-2H3,(H,21,23)/t14-,15+/m0/s1. The Hall–Kier alpha value is -2.14. The highest BCUT2D eigenvalue weighted by Gasteiger charge is 2.48. The van der Waals surface area contributed by atoms with Crippen molar-refractivity contribution in [2.75, 3.05) is 11.9 Å². The van der Waals surface area contributed by atoms with Gasteiger partial charge < -0.3 is 5.32 Å². The lowest BCUT2D eigenvalue weighted by Gasteiger charge is -2.17. The van der Waals surface area contributed by atoms with Crippen molar-refractivity contribution in [2.45, 2.75) is 33.1 Å². The summed E-state index contributed by atoms with van der Waals surface area (Å²) in [7, 11) is 0. The third-order valence-corrected chi connectivity index (χ3v) is 5.20. The third-order valence-electron chi connectivity index (χ3n) is 4.89. The van der Waals surface area contributed by atoms with Crippen molar-refractivity contribution in [3.8, 4) is 0 Å². The Morgan fingerprint density at radius 2 is 1.96 bits per heavy atom. The van der Waals surface area contributed by atoms with Crippen molar-refractivity contribution in [3.63, 3.8) is 0 Å². The molecule has 0 saturated carbocycles. The normalized spacial score (nSPS) is 22.7. The predicted molar refractivity (Wildman–Crippen MR) is 96.0 cm³/mol. The van der Waals surface area contributed by atoms with E-state index in [1.807, 2.05) is 38.1 Å². The van der Waals surface area contributed by atoms with Crippen LogP contribution in [0.1, 0.15) is 30.4 Å². The number of nitrogens with zero attached hydrogens (tertiary/aromatic N) is 1. The molecular weight excluding hydrogens is 340 g/mol. The Morgan fingerprint density at radius 3 is 2.72 bits per heavy atom. The summed E-state index contributed by atoms with van der Waals surface area (Å²) in [5, 5.41) is 3.49. The summed E-state index contributed by atoms with van der Waals surface area (Å²) in [5.41, 5.74) is 2.78. The number of carbonyl (C=O) groups excluding carboxylic acids is 3. The molecule has 3 rings (SSSR count). The van der Waals surface area contributed by atoms with Crippen LogP contribution in [-0.4, -0.2) is 29.2 Å².